The van der Waals surface area contributed by atoms with E-state index in [9.17, 15) is 24.1 Å². The van der Waals surface area contributed by atoms with Crippen LogP contribution in [0.25, 0.3) is 0 Å². The summed E-state index contributed by atoms with van der Waals surface area (Å²) < 4.78 is 15.3. The van der Waals surface area contributed by atoms with Gasteiger partial charge in [-0.2, -0.15) is 0 Å². The van der Waals surface area contributed by atoms with Crippen molar-refractivity contribution in [1.82, 2.24) is 20.1 Å². The molecule has 2 aromatic carbocycles. The van der Waals surface area contributed by atoms with E-state index < -0.39 is 16.6 Å². The van der Waals surface area contributed by atoms with E-state index in [-0.39, 0.29) is 34.9 Å². The van der Waals surface area contributed by atoms with Crippen molar-refractivity contribution in [3.8, 4) is 0 Å². The fourth-order valence-electron chi connectivity index (χ4n) is 2.53. The highest BCUT2D eigenvalue weighted by Gasteiger charge is 2.16. The van der Waals surface area contributed by atoms with Crippen LogP contribution >= 0.6 is 11.8 Å². The topological polar surface area (TPSA) is 120 Å². The summed E-state index contributed by atoms with van der Waals surface area (Å²) in [5.74, 6) is -1.06. The number of benzene rings is 2. The molecule has 0 aliphatic heterocycles. The molecule has 0 atom stereocenters. The van der Waals surface area contributed by atoms with Crippen LogP contribution in [0.3, 0.4) is 0 Å². The highest BCUT2D eigenvalue weighted by molar-refractivity contribution is 7.99. The molecule has 1 N–H and O–H groups in total. The number of hydrogen-bond donors (Lipinski definition) is 1. The minimum atomic E-state index is -0.621. The maximum atomic E-state index is 13.7. The van der Waals surface area contributed by atoms with Crippen LogP contribution in [-0.4, -0.2) is 37.1 Å². The second-order valence-corrected chi connectivity index (χ2v) is 7.08. The number of Topliss-reactive ketones (excluding diaryl/α,β-unsaturated/α-hetero) is 1. The van der Waals surface area contributed by atoms with Gasteiger partial charge in [0, 0.05) is 24.7 Å². The maximum Gasteiger partial charge on any atom is 0.270 e. The van der Waals surface area contributed by atoms with Crippen LogP contribution in [0.1, 0.15) is 26.5 Å². The number of carbonyl (C=O) groups excluding carboxylic acids is 2. The highest BCUT2D eigenvalue weighted by atomic mass is 32.2. The number of nitrogens with zero attached hydrogens (tertiary/aromatic N) is 4. The SMILES string of the molecule is Cn1c(CNC(=O)c2ccccc2F)nnc1SCC(=O)c1cccc([N+](=O)[O-])c1. The molecule has 11 heteroatoms. The normalized spacial score (nSPS) is 10.6. The summed E-state index contributed by atoms with van der Waals surface area (Å²) >= 11 is 1.12. The summed E-state index contributed by atoms with van der Waals surface area (Å²) in [6, 6.07) is 11.1. The quantitative estimate of drug-likeness (QED) is 0.253. The molecular weight excluding hydrogens is 413 g/mol. The average molecular weight is 429 g/mol. The van der Waals surface area contributed by atoms with Crippen molar-refractivity contribution >= 4 is 29.1 Å². The van der Waals surface area contributed by atoms with E-state index >= 15 is 0 Å². The van der Waals surface area contributed by atoms with Crippen LogP contribution in [0.15, 0.2) is 53.7 Å². The molecule has 0 bridgehead atoms. The average Bonchev–Trinajstić information content (AvgIpc) is 3.10. The summed E-state index contributed by atoms with van der Waals surface area (Å²) in [5.41, 5.74) is 0.00505. The number of hydrogen-bond acceptors (Lipinski definition) is 7. The van der Waals surface area contributed by atoms with Crippen LogP contribution in [0.4, 0.5) is 10.1 Å². The summed E-state index contributed by atoms with van der Waals surface area (Å²) in [5, 5.41) is 21.8. The van der Waals surface area contributed by atoms with Gasteiger partial charge < -0.3 is 9.88 Å². The van der Waals surface area contributed by atoms with Crippen molar-refractivity contribution in [3.05, 3.63) is 81.4 Å². The van der Waals surface area contributed by atoms with Crippen LogP contribution in [0, 0.1) is 15.9 Å². The Bertz CT molecular complexity index is 1120. The van der Waals surface area contributed by atoms with Gasteiger partial charge in [-0.25, -0.2) is 4.39 Å². The fourth-order valence-corrected chi connectivity index (χ4v) is 3.36. The number of ketones is 1. The molecule has 0 aliphatic carbocycles. The molecular formula is C19H16FN5O4S. The van der Waals surface area contributed by atoms with E-state index in [1.807, 2.05) is 0 Å². The Morgan fingerprint density at radius 1 is 1.20 bits per heavy atom. The molecule has 0 saturated heterocycles. The lowest BCUT2D eigenvalue weighted by Gasteiger charge is -2.06. The van der Waals surface area contributed by atoms with Gasteiger partial charge in [0.1, 0.15) is 5.82 Å². The molecule has 3 rings (SSSR count). The van der Waals surface area contributed by atoms with Gasteiger partial charge in [-0.05, 0) is 12.1 Å². The predicted molar refractivity (Wildman–Crippen MR) is 107 cm³/mol. The number of rotatable bonds is 8. The number of aromatic nitrogens is 3. The molecule has 0 unspecified atom stereocenters. The maximum absolute atomic E-state index is 13.7. The lowest BCUT2D eigenvalue weighted by molar-refractivity contribution is -0.384. The minimum absolute atomic E-state index is 0.00866. The van der Waals surface area contributed by atoms with Crippen molar-refractivity contribution < 1.29 is 18.9 Å². The van der Waals surface area contributed by atoms with Crippen LogP contribution in [-0.2, 0) is 13.6 Å². The van der Waals surface area contributed by atoms with Crippen molar-refractivity contribution in [3.63, 3.8) is 0 Å². The molecule has 9 nitrogen and oxygen atoms in total. The highest BCUT2D eigenvalue weighted by Crippen LogP contribution is 2.19. The first kappa shape index (κ1) is 21.1. The molecule has 1 heterocycles. The minimum Gasteiger partial charge on any atom is -0.345 e. The van der Waals surface area contributed by atoms with Crippen molar-refractivity contribution in [2.24, 2.45) is 7.05 Å². The molecule has 30 heavy (non-hydrogen) atoms. The van der Waals surface area contributed by atoms with Gasteiger partial charge in [-0.1, -0.05) is 36.0 Å². The van der Waals surface area contributed by atoms with Crippen LogP contribution in [0.5, 0.6) is 0 Å². The molecule has 3 aromatic rings. The third kappa shape index (κ3) is 4.87. The van der Waals surface area contributed by atoms with Crippen molar-refractivity contribution in [2.75, 3.05) is 5.75 Å². The lowest BCUT2D eigenvalue weighted by Crippen LogP contribution is -2.25. The molecule has 0 fully saturated rings. The zero-order chi connectivity index (χ0) is 21.7. The van der Waals surface area contributed by atoms with E-state index in [2.05, 4.69) is 15.5 Å². The standard InChI is InChI=1S/C19H16FN5O4S/c1-24-17(10-21-18(27)14-7-2-3-8-15(14)20)22-23-19(24)30-11-16(26)12-5-4-6-13(9-12)25(28)29/h2-9H,10-11H2,1H3,(H,21,27). The van der Waals surface area contributed by atoms with Crippen molar-refractivity contribution in [2.45, 2.75) is 11.7 Å². The number of non-ortho nitro benzene ring substituents is 1. The van der Waals surface area contributed by atoms with Gasteiger partial charge in [0.15, 0.2) is 16.8 Å². The number of nitrogens with one attached hydrogen (secondary N) is 1. The largest absolute Gasteiger partial charge is 0.345 e. The second kappa shape index (κ2) is 9.27. The molecule has 0 spiro atoms. The van der Waals surface area contributed by atoms with E-state index in [0.29, 0.717) is 11.0 Å². The van der Waals surface area contributed by atoms with Gasteiger partial charge in [0.25, 0.3) is 11.6 Å². The molecule has 154 valence electrons. The predicted octanol–water partition coefficient (Wildman–Crippen LogP) is 2.77. The molecule has 1 amide bonds. The zero-order valence-corrected chi connectivity index (χ0v) is 16.6. The Morgan fingerprint density at radius 2 is 1.97 bits per heavy atom. The van der Waals surface area contributed by atoms with E-state index in [1.165, 1.54) is 42.5 Å². The third-order valence-electron chi connectivity index (χ3n) is 4.16. The monoisotopic (exact) mass is 429 g/mol. The van der Waals surface area contributed by atoms with E-state index in [4.69, 9.17) is 0 Å². The first-order valence-corrected chi connectivity index (χ1v) is 9.67. The van der Waals surface area contributed by atoms with Crippen molar-refractivity contribution in [1.29, 1.82) is 0 Å². The van der Waals surface area contributed by atoms with Gasteiger partial charge in [0.05, 0.1) is 22.8 Å². The smallest absolute Gasteiger partial charge is 0.270 e. The Labute approximate surface area is 174 Å². The fraction of sp³-hybridized carbons (Fsp3) is 0.158. The Hall–Kier alpha value is -3.60. The number of thioether (sulfide) groups is 1. The Balaban J connectivity index is 1.59. The summed E-state index contributed by atoms with van der Waals surface area (Å²) in [6.07, 6.45) is 0. The third-order valence-corrected chi connectivity index (χ3v) is 5.18. The number of halogens is 1. The first-order chi connectivity index (χ1) is 14.4. The van der Waals surface area contributed by atoms with Crippen LogP contribution < -0.4 is 5.32 Å². The second-order valence-electron chi connectivity index (χ2n) is 6.14. The first-order valence-electron chi connectivity index (χ1n) is 8.68. The van der Waals surface area contributed by atoms with Gasteiger partial charge in [-0.3, -0.25) is 19.7 Å². The molecule has 0 radical (unpaired) electrons. The number of amides is 1. The molecule has 1 aromatic heterocycles. The molecule has 0 aliphatic rings. The summed E-state index contributed by atoms with van der Waals surface area (Å²) in [7, 11) is 1.67. The van der Waals surface area contributed by atoms with E-state index in [1.54, 1.807) is 17.7 Å². The number of nitro benzene ring substituents is 1. The van der Waals surface area contributed by atoms with Gasteiger partial charge in [-0.15, -0.1) is 10.2 Å². The number of nitro groups is 1. The summed E-state index contributed by atoms with van der Waals surface area (Å²) in [6.45, 7) is 0.0239. The van der Waals surface area contributed by atoms with E-state index in [0.717, 1.165) is 11.8 Å². The summed E-state index contributed by atoms with van der Waals surface area (Å²) in [4.78, 5) is 34.7. The Morgan fingerprint density at radius 3 is 2.70 bits per heavy atom. The lowest BCUT2D eigenvalue weighted by atomic mass is 10.1. The van der Waals surface area contributed by atoms with Gasteiger partial charge in [0.2, 0.25) is 0 Å². The number of carbonyl (C=O) groups is 2. The van der Waals surface area contributed by atoms with Crippen LogP contribution in [0.2, 0.25) is 0 Å². The zero-order valence-electron chi connectivity index (χ0n) is 15.7. The molecule has 0 saturated carbocycles. The Kier molecular flexibility index (Phi) is 6.52. The van der Waals surface area contributed by atoms with Gasteiger partial charge >= 0.3 is 0 Å².